The van der Waals surface area contributed by atoms with Crippen molar-refractivity contribution < 1.29 is 41.1 Å². The maximum absolute atomic E-state index is 2.44. The highest BCUT2D eigenvalue weighted by atomic mass is 15.0. The van der Waals surface area contributed by atoms with Crippen LogP contribution in [0.4, 0.5) is 0 Å². The van der Waals surface area contributed by atoms with Crippen LogP contribution in [0.2, 0.25) is 0 Å². The molecular weight excluding hydrogens is 1750 g/mol. The normalized spacial score (nSPS) is 11.6. The summed E-state index contributed by atoms with van der Waals surface area (Å²) in [6, 6.07) is 96.9. The summed E-state index contributed by atoms with van der Waals surface area (Å²) in [5.41, 5.74) is 18.2. The number of hydrogen-bond acceptors (Lipinski definition) is 0. The van der Waals surface area contributed by atoms with Crippen molar-refractivity contribution >= 4 is 97.5 Å². The Morgan fingerprint density at radius 2 is 0.521 bits per heavy atom. The SMILES string of the molecule is CC(C)c1c2ccccc2cc[n+]1C(C)C.CC(C)c1cc2ccccc2[n+](C(C)C)c1.CC(C)c1cc[n+](C(C)C)c2ccccc12.CC(C)c1ccc2c[n+](C(C)C)ccc2c1.CC(C)c1ccc2cc[n+](C(C)C)cc2c1.CC(C)c1ccc2ccccc2[n+]1C(C)C.CC(C)c1cccc2c1ccc[n+]2C(C)C.CC(C)c1cccc2c[n+](C(C)C)ccc12.CC(C)c1cccc2cc[n+](C(C)C)cc12. The third-order valence-electron chi connectivity index (χ3n) is 27.6. The van der Waals surface area contributed by atoms with Crippen LogP contribution in [0.25, 0.3) is 97.5 Å². The van der Waals surface area contributed by atoms with E-state index in [0.717, 1.165) is 0 Å². The van der Waals surface area contributed by atoms with Gasteiger partial charge in [-0.2, -0.15) is 22.8 Å². The predicted octanol–water partition coefficient (Wildman–Crippen LogP) is 34.5. The van der Waals surface area contributed by atoms with Gasteiger partial charge < -0.3 is 0 Å². The molecule has 9 heterocycles. The average Bonchev–Trinajstić information content (AvgIpc) is 0.784. The molecule has 0 saturated carbocycles. The van der Waals surface area contributed by atoms with Crippen molar-refractivity contribution in [3.8, 4) is 0 Å². The Kier molecular flexibility index (Phi) is 41.8. The molecule has 0 N–H and O–H groups in total. The summed E-state index contributed by atoms with van der Waals surface area (Å²) < 4.78 is 20.9. The van der Waals surface area contributed by atoms with Gasteiger partial charge in [-0.3, -0.25) is 0 Å². The summed E-state index contributed by atoms with van der Waals surface area (Å²) in [5, 5.41) is 18.9. The van der Waals surface area contributed by atoms with Crippen molar-refractivity contribution in [3.63, 3.8) is 0 Å². The van der Waals surface area contributed by atoms with Crippen LogP contribution in [0.5, 0.6) is 0 Å². The van der Waals surface area contributed by atoms with E-state index < -0.39 is 0 Å². The molecule has 18 rings (SSSR count). The number of benzene rings is 9. The molecule has 0 aliphatic heterocycles. The fourth-order valence-corrected chi connectivity index (χ4v) is 19.1. The number of fused-ring (bicyclic) bond motifs is 9. The summed E-state index contributed by atoms with van der Waals surface area (Å²) in [7, 11) is 0. The lowest BCUT2D eigenvalue weighted by Crippen LogP contribution is -2.41. The molecule has 9 aromatic heterocycles. The van der Waals surface area contributed by atoms with E-state index in [9.17, 15) is 0 Å². The van der Waals surface area contributed by atoms with E-state index in [1.807, 2.05) is 0 Å². The van der Waals surface area contributed by atoms with Gasteiger partial charge in [0.15, 0.2) is 140 Å². The van der Waals surface area contributed by atoms with E-state index in [1.165, 1.54) is 148 Å². The molecule has 9 nitrogen and oxygen atoms in total. The minimum atomic E-state index is 0.503. The molecule has 0 spiro atoms. The van der Waals surface area contributed by atoms with Crippen molar-refractivity contribution in [3.05, 3.63) is 379 Å². The van der Waals surface area contributed by atoms with Crippen LogP contribution in [-0.2, 0) is 0 Å². The van der Waals surface area contributed by atoms with Gasteiger partial charge >= 0.3 is 0 Å². The van der Waals surface area contributed by atoms with Gasteiger partial charge in [0.1, 0.15) is 0 Å². The molecule has 0 atom stereocenters. The summed E-state index contributed by atoms with van der Waals surface area (Å²) in [4.78, 5) is 0. The van der Waals surface area contributed by atoms with Gasteiger partial charge in [-0.1, -0.05) is 246 Å². The first-order chi connectivity index (χ1) is 68.4. The topological polar surface area (TPSA) is 34.9 Å². The first-order valence-electron chi connectivity index (χ1n) is 54.3. The molecule has 0 saturated heterocycles. The minimum Gasteiger partial charge on any atom is -0.202 e. The molecule has 756 valence electrons. The van der Waals surface area contributed by atoms with Crippen LogP contribution in [-0.4, -0.2) is 0 Å². The zero-order valence-corrected chi connectivity index (χ0v) is 95.1. The number of aromatic nitrogens is 9. The Morgan fingerprint density at radius 1 is 0.160 bits per heavy atom. The van der Waals surface area contributed by atoms with Crippen LogP contribution in [0.3, 0.4) is 0 Å². The van der Waals surface area contributed by atoms with Crippen LogP contribution >= 0.6 is 0 Å². The summed E-state index contributed by atoms with van der Waals surface area (Å²) >= 11 is 0. The van der Waals surface area contributed by atoms with Gasteiger partial charge in [0, 0.05) is 139 Å². The van der Waals surface area contributed by atoms with Crippen LogP contribution in [0.1, 0.15) is 407 Å². The standard InChI is InChI=1S/9C15H20N/c1-11(2)13-7-5-9-15-14(13)8-6-10-16(15)12(3)4;1-11(2)13-5-6-15-10-16(12(3)4)8-7-14(15)9-13;1-11(2)14-6-5-13-7-8-16(12(3)4)10-15(13)9-14;1-11(2)14-7-5-6-13-10-16(12(3)4)9-8-15(13)14;1-11(2)14-7-5-6-13-8-9-16(12(3)4)10-15(13)14;1-11(2)14-9-13-7-5-6-8-15(13)16(10-14)12(3)4;1-11(2)13-9-10-16(12(3)4)15-8-6-5-7-14(13)15;1-11(2)14-10-9-13-7-5-6-8-15(13)16(14)12(3)4;1-11(2)15-14-8-6-5-7-13(14)9-10-16(15)12(3)4/h9*5-12H,1-4H3/q9*+1. The van der Waals surface area contributed by atoms with Crippen molar-refractivity contribution in [2.45, 2.75) is 357 Å². The van der Waals surface area contributed by atoms with E-state index in [1.54, 1.807) is 0 Å². The fourth-order valence-electron chi connectivity index (χ4n) is 19.1. The zero-order valence-electron chi connectivity index (χ0n) is 95.1. The van der Waals surface area contributed by atoms with Crippen molar-refractivity contribution in [1.82, 2.24) is 0 Å². The van der Waals surface area contributed by atoms with Crippen molar-refractivity contribution in [2.75, 3.05) is 0 Å². The van der Waals surface area contributed by atoms with Gasteiger partial charge in [0.25, 0.3) is 0 Å². The highest BCUT2D eigenvalue weighted by molar-refractivity contribution is 5.88. The lowest BCUT2D eigenvalue weighted by Gasteiger charge is -2.12. The van der Waals surface area contributed by atoms with Crippen molar-refractivity contribution in [1.29, 1.82) is 0 Å². The summed E-state index contributed by atoms with van der Waals surface area (Å²) in [5.74, 6) is 5.19. The van der Waals surface area contributed by atoms with Crippen LogP contribution in [0, 0.1) is 0 Å². The third-order valence-corrected chi connectivity index (χ3v) is 27.6. The second kappa shape index (κ2) is 53.0. The molecule has 0 aliphatic rings. The van der Waals surface area contributed by atoms with Gasteiger partial charge in [-0.15, -0.1) is 0 Å². The molecule has 0 bridgehead atoms. The molecule has 18 aromatic rings. The molecular formula is C135H180N9+9. The Morgan fingerprint density at radius 3 is 1.03 bits per heavy atom. The van der Waals surface area contributed by atoms with Gasteiger partial charge in [0.05, 0.1) is 0 Å². The molecule has 9 heteroatoms. The number of para-hydroxylation sites is 3. The second-order valence-electron chi connectivity index (χ2n) is 44.8. The molecule has 0 aliphatic carbocycles. The zero-order chi connectivity index (χ0) is 105. The van der Waals surface area contributed by atoms with E-state index in [-0.39, 0.29) is 0 Å². The molecule has 0 unspecified atom stereocenters. The highest BCUT2D eigenvalue weighted by Gasteiger charge is 2.26. The van der Waals surface area contributed by atoms with Gasteiger partial charge in [-0.25, -0.2) is 18.3 Å². The quantitative estimate of drug-likeness (QED) is 0.0768. The smallest absolute Gasteiger partial charge is 0.202 e. The Balaban J connectivity index is 0.000000166. The van der Waals surface area contributed by atoms with Gasteiger partial charge in [0.2, 0.25) is 22.1 Å². The maximum Gasteiger partial charge on any atom is 0.212 e. The second-order valence-corrected chi connectivity index (χ2v) is 44.8. The first kappa shape index (κ1) is 114. The van der Waals surface area contributed by atoms with E-state index >= 15 is 0 Å². The lowest BCUT2D eigenvalue weighted by atomic mass is 9.97. The van der Waals surface area contributed by atoms with E-state index in [4.69, 9.17) is 0 Å². The monoisotopic (exact) mass is 1930 g/mol. The highest BCUT2D eigenvalue weighted by Crippen LogP contribution is 2.32. The summed E-state index contributed by atoms with van der Waals surface area (Å²) in [6.07, 6.45) is 26.5. The number of hydrogen-bond donors (Lipinski definition) is 0. The molecule has 9 aromatic carbocycles. The van der Waals surface area contributed by atoms with Crippen LogP contribution in [0.15, 0.2) is 329 Å². The summed E-state index contributed by atoms with van der Waals surface area (Å²) in [6.45, 7) is 80.5. The predicted molar refractivity (Wildman–Crippen MR) is 618 cm³/mol. The molecule has 144 heavy (non-hydrogen) atoms. The molecule has 0 radical (unpaired) electrons. The minimum absolute atomic E-state index is 0.503. The Labute approximate surface area is 869 Å². The lowest BCUT2D eigenvalue weighted by molar-refractivity contribution is -0.722. The average molecular weight is 1930 g/mol. The fraction of sp³-hybridized carbons (Fsp3) is 0.400. The van der Waals surface area contributed by atoms with Gasteiger partial charge in [-0.05, 0) is 287 Å². The first-order valence-corrected chi connectivity index (χ1v) is 54.3. The molecule has 0 fully saturated rings. The Bertz CT molecular complexity index is 6760. The van der Waals surface area contributed by atoms with E-state index in [2.05, 4.69) is 620 Å². The van der Waals surface area contributed by atoms with E-state index in [0.29, 0.717) is 108 Å². The number of rotatable bonds is 18. The van der Waals surface area contributed by atoms with Crippen LogP contribution < -0.4 is 41.1 Å². The third kappa shape index (κ3) is 29.7. The Hall–Kier alpha value is -12.3. The largest absolute Gasteiger partial charge is 0.212 e. The number of pyridine rings is 9. The number of nitrogens with zero attached hydrogens (tertiary/aromatic N) is 9. The maximum atomic E-state index is 2.44. The molecule has 0 amide bonds. The van der Waals surface area contributed by atoms with Crippen molar-refractivity contribution in [2.24, 2.45) is 0 Å².